The number of aliphatic hydroxyl groups excluding tert-OH is 1. The zero-order valence-electron chi connectivity index (χ0n) is 36.2. The van der Waals surface area contributed by atoms with Gasteiger partial charge in [-0.05, 0) is 63.8 Å². The highest BCUT2D eigenvalue weighted by Gasteiger charge is 2.79. The van der Waals surface area contributed by atoms with Gasteiger partial charge in [-0.25, -0.2) is 14.4 Å². The number of alkyl carbamates (subject to hydrolysis) is 1. The second kappa shape index (κ2) is 15.9. The van der Waals surface area contributed by atoms with Crippen molar-refractivity contribution in [3.63, 3.8) is 0 Å². The average molecular weight is 826 g/mol. The number of hydrogen-bond donors (Lipinski definition) is 3. The second-order valence-corrected chi connectivity index (χ2v) is 19.3. The maximum atomic E-state index is 14.4. The van der Waals surface area contributed by atoms with Gasteiger partial charge in [0.2, 0.25) is 0 Å². The molecule has 1 aromatic rings. The SMILES string of the molecule is C=C[C@H]1O[C@H]2C[C@H]3OC[C@@]3(OC(C)=O)[C@H]3[C@H](OC(=O)c4ccccc4)[C@]4(O)C[C@H](OC(=O)[C@H](O)[C@H](CC(C)C)NC(=O)OC(C)(C)C)C(C)=C([C@H](C)[C@H](O1)[C@]23C)C4(C)C. The molecule has 2 heterocycles. The lowest BCUT2D eigenvalue weighted by molar-refractivity contribution is -0.403. The smallest absolute Gasteiger partial charge is 0.407 e. The Hall–Kier alpha value is -3.82. The third-order valence-corrected chi connectivity index (χ3v) is 13.5. The fourth-order valence-electron chi connectivity index (χ4n) is 11.0. The molecule has 2 bridgehead atoms. The first kappa shape index (κ1) is 44.7. The van der Waals surface area contributed by atoms with Crippen LogP contribution >= 0.6 is 0 Å². The molecule has 5 aliphatic rings. The summed E-state index contributed by atoms with van der Waals surface area (Å²) in [5.74, 6) is -3.85. The number of carbonyl (C=O) groups excluding carboxylic acids is 4. The van der Waals surface area contributed by atoms with Gasteiger partial charge < -0.3 is 48.7 Å². The summed E-state index contributed by atoms with van der Waals surface area (Å²) >= 11 is 0. The maximum absolute atomic E-state index is 14.4. The van der Waals surface area contributed by atoms with E-state index >= 15 is 0 Å². The van der Waals surface area contributed by atoms with E-state index in [9.17, 15) is 29.4 Å². The molecule has 4 fully saturated rings. The van der Waals surface area contributed by atoms with Gasteiger partial charge in [0.25, 0.3) is 0 Å². The molecule has 14 heteroatoms. The summed E-state index contributed by atoms with van der Waals surface area (Å²) in [5, 5.41) is 28.0. The molecule has 0 unspecified atom stereocenters. The molecule has 3 aliphatic carbocycles. The van der Waals surface area contributed by atoms with Crippen molar-refractivity contribution in [1.29, 1.82) is 0 Å². The first-order chi connectivity index (χ1) is 27.4. The summed E-state index contributed by atoms with van der Waals surface area (Å²) in [4.78, 5) is 54.5. The Labute approximate surface area is 347 Å². The summed E-state index contributed by atoms with van der Waals surface area (Å²) < 4.78 is 44.1. The van der Waals surface area contributed by atoms with Crippen LogP contribution in [-0.2, 0) is 42.7 Å². The molecule has 6 rings (SSSR count). The van der Waals surface area contributed by atoms with Crippen LogP contribution in [0.25, 0.3) is 0 Å². The fraction of sp³-hybridized carbons (Fsp3) is 0.689. The third kappa shape index (κ3) is 7.73. The minimum Gasteiger partial charge on any atom is -0.456 e. The van der Waals surface area contributed by atoms with Gasteiger partial charge in [-0.15, -0.1) is 0 Å². The summed E-state index contributed by atoms with van der Waals surface area (Å²) in [6, 6.07) is 7.32. The van der Waals surface area contributed by atoms with Crippen LogP contribution in [0.2, 0.25) is 0 Å². The Morgan fingerprint density at radius 1 is 1.05 bits per heavy atom. The van der Waals surface area contributed by atoms with E-state index in [2.05, 4.69) is 11.9 Å². The van der Waals surface area contributed by atoms with Crippen molar-refractivity contribution in [2.75, 3.05) is 6.61 Å². The Bertz CT molecular complexity index is 1840. The number of amides is 1. The summed E-state index contributed by atoms with van der Waals surface area (Å²) in [6.45, 7) is 23.6. The van der Waals surface area contributed by atoms with Gasteiger partial charge in [-0.1, -0.05) is 71.9 Å². The Morgan fingerprint density at radius 3 is 2.27 bits per heavy atom. The van der Waals surface area contributed by atoms with E-state index in [4.69, 9.17) is 33.2 Å². The normalized spacial score (nSPS) is 36.8. The molecule has 0 spiro atoms. The van der Waals surface area contributed by atoms with Crippen molar-refractivity contribution in [3.8, 4) is 0 Å². The van der Waals surface area contributed by atoms with Crippen LogP contribution in [0.1, 0.15) is 106 Å². The second-order valence-electron chi connectivity index (χ2n) is 19.3. The zero-order chi connectivity index (χ0) is 43.6. The van der Waals surface area contributed by atoms with Gasteiger partial charge in [0.15, 0.2) is 18.0 Å². The molecular formula is C45H63NO13. The van der Waals surface area contributed by atoms with Crippen LogP contribution in [0.15, 0.2) is 54.1 Å². The van der Waals surface area contributed by atoms with E-state index < -0.39 is 112 Å². The Kier molecular flexibility index (Phi) is 12.1. The minimum absolute atomic E-state index is 0.0405. The first-order valence-corrected chi connectivity index (χ1v) is 20.7. The lowest BCUT2D eigenvalue weighted by Gasteiger charge is -2.71. The largest absolute Gasteiger partial charge is 0.456 e. The number of hydrogen-bond acceptors (Lipinski definition) is 13. The number of fused-ring (bicyclic) bond motifs is 4. The van der Waals surface area contributed by atoms with Crippen molar-refractivity contribution in [3.05, 3.63) is 59.7 Å². The first-order valence-electron chi connectivity index (χ1n) is 20.7. The number of ether oxygens (including phenoxy) is 7. The number of nitrogens with one attached hydrogen (secondary N) is 1. The van der Waals surface area contributed by atoms with Crippen molar-refractivity contribution in [2.24, 2.45) is 28.6 Å². The van der Waals surface area contributed by atoms with Crippen molar-refractivity contribution in [1.82, 2.24) is 5.32 Å². The van der Waals surface area contributed by atoms with E-state index in [1.54, 1.807) is 57.2 Å². The molecule has 3 N–H and O–H groups in total. The molecule has 0 aromatic heterocycles. The quantitative estimate of drug-likeness (QED) is 0.151. The summed E-state index contributed by atoms with van der Waals surface area (Å²) in [5.41, 5.74) is -4.96. The lowest BCUT2D eigenvalue weighted by Crippen LogP contribution is -2.83. The number of rotatable bonds is 10. The minimum atomic E-state index is -2.02. The Balaban J connectivity index is 1.51. The third-order valence-electron chi connectivity index (χ3n) is 13.5. The van der Waals surface area contributed by atoms with E-state index in [0.29, 0.717) is 17.6 Å². The highest BCUT2D eigenvalue weighted by Crippen LogP contribution is 2.68. The average Bonchev–Trinajstić information content (AvgIpc) is 3.12. The Morgan fingerprint density at radius 2 is 1.71 bits per heavy atom. The van der Waals surface area contributed by atoms with Crippen molar-refractivity contribution >= 4 is 24.0 Å². The molecule has 13 atom stereocenters. The van der Waals surface area contributed by atoms with Crippen LogP contribution in [-0.4, -0.2) is 107 Å². The molecule has 14 nitrogen and oxygen atoms in total. The predicted molar refractivity (Wildman–Crippen MR) is 214 cm³/mol. The predicted octanol–water partition coefficient (Wildman–Crippen LogP) is 5.57. The van der Waals surface area contributed by atoms with Gasteiger partial charge >= 0.3 is 24.0 Å². The molecule has 2 aliphatic heterocycles. The van der Waals surface area contributed by atoms with Gasteiger partial charge in [-0.3, -0.25) is 4.79 Å². The fourth-order valence-corrected chi connectivity index (χ4v) is 11.0. The van der Waals surface area contributed by atoms with Crippen LogP contribution in [0.3, 0.4) is 0 Å². The summed E-state index contributed by atoms with van der Waals surface area (Å²) in [6.07, 6.45) is -6.18. The molecule has 326 valence electrons. The van der Waals surface area contributed by atoms with E-state index in [1.165, 1.54) is 6.92 Å². The highest BCUT2D eigenvalue weighted by molar-refractivity contribution is 5.89. The molecule has 2 saturated heterocycles. The van der Waals surface area contributed by atoms with Crippen LogP contribution < -0.4 is 5.32 Å². The van der Waals surface area contributed by atoms with Crippen LogP contribution in [0.4, 0.5) is 4.79 Å². The molecular weight excluding hydrogens is 762 g/mol. The standard InChI is InChI=1S/C45H63NO13/c1-13-32-55-30-20-31-44(22-53-31,58-26(6)47)35-37(57-38(49)27-17-15-14-16-18-27)45(52)21-29(24(4)33(42(45,10)11)25(5)36(56-32)43(30,35)12)54-39(50)34(48)28(19-23(2)3)46-40(51)59-41(7,8)9/h13-18,23,25,28-32,34-37,48,52H,1,19-22H2,2-12H3,(H,46,51)/t25-,28-,29-,30-,31+,32-,34+,35-,36-,37-,43+,44-,45+/m0/s1. The zero-order valence-corrected chi connectivity index (χ0v) is 36.2. The topological polar surface area (TPSA) is 185 Å². The van der Waals surface area contributed by atoms with E-state index in [0.717, 1.165) is 0 Å². The lowest BCUT2D eigenvalue weighted by atomic mass is 9.43. The maximum Gasteiger partial charge on any atom is 0.407 e. The van der Waals surface area contributed by atoms with Crippen LogP contribution in [0.5, 0.6) is 0 Å². The van der Waals surface area contributed by atoms with Crippen molar-refractivity contribution in [2.45, 2.75) is 161 Å². The molecule has 0 radical (unpaired) electrons. The molecule has 59 heavy (non-hydrogen) atoms. The van der Waals surface area contributed by atoms with Crippen LogP contribution in [0, 0.1) is 28.6 Å². The van der Waals surface area contributed by atoms with Crippen molar-refractivity contribution < 1.29 is 62.5 Å². The number of benzene rings is 1. The summed E-state index contributed by atoms with van der Waals surface area (Å²) in [7, 11) is 0. The van der Waals surface area contributed by atoms with Gasteiger partial charge in [0, 0.05) is 36.5 Å². The molecule has 2 saturated carbocycles. The molecule has 1 aromatic carbocycles. The highest BCUT2D eigenvalue weighted by atomic mass is 16.7. The van der Waals surface area contributed by atoms with Gasteiger partial charge in [-0.2, -0.15) is 0 Å². The van der Waals surface area contributed by atoms with Gasteiger partial charge in [0.1, 0.15) is 29.5 Å². The number of esters is 3. The molecule has 1 amide bonds. The number of aliphatic hydroxyl groups is 2. The van der Waals surface area contributed by atoms with E-state index in [1.807, 2.05) is 48.5 Å². The monoisotopic (exact) mass is 825 g/mol. The van der Waals surface area contributed by atoms with E-state index in [-0.39, 0.29) is 30.9 Å². The number of carbonyl (C=O) groups is 4. The van der Waals surface area contributed by atoms with Gasteiger partial charge in [0.05, 0.1) is 36.3 Å².